The van der Waals surface area contributed by atoms with E-state index in [2.05, 4.69) is 9.47 Å². The fourth-order valence-corrected chi connectivity index (χ4v) is 6.86. The molecule has 0 heterocycles. The highest BCUT2D eigenvalue weighted by molar-refractivity contribution is 7.97. The highest BCUT2D eigenvalue weighted by Gasteiger charge is 2.84. The molecule has 0 fully saturated rings. The summed E-state index contributed by atoms with van der Waals surface area (Å²) >= 11 is 0. The van der Waals surface area contributed by atoms with Crippen LogP contribution in [0.3, 0.4) is 0 Å². The molecule has 0 bridgehead atoms. The number of hydrogen-bond donors (Lipinski definition) is 2. The summed E-state index contributed by atoms with van der Waals surface area (Å²) in [6, 6.07) is 10.3. The molecular formula is C30H22F17O7S2+. The largest absolute Gasteiger partial charge is 0.492 e. The summed E-state index contributed by atoms with van der Waals surface area (Å²) < 4.78 is 273. The Bertz CT molecular complexity index is 1870. The summed E-state index contributed by atoms with van der Waals surface area (Å²) in [7, 11) is -8.58. The molecule has 3 atom stereocenters. The molecule has 7 nitrogen and oxygen atoms in total. The first-order valence-electron chi connectivity index (χ1n) is 14.4. The maximum atomic E-state index is 14.1. The minimum absolute atomic E-state index is 0.149. The van der Waals surface area contributed by atoms with Crippen LogP contribution in [-0.2, 0) is 21.0 Å². The van der Waals surface area contributed by atoms with Crippen molar-refractivity contribution in [2.24, 2.45) is 5.41 Å². The van der Waals surface area contributed by atoms with Crippen LogP contribution in [0.25, 0.3) is 0 Å². The molecule has 0 aliphatic heterocycles. The van der Waals surface area contributed by atoms with Crippen molar-refractivity contribution in [2.45, 2.75) is 69.5 Å². The summed E-state index contributed by atoms with van der Waals surface area (Å²) in [5, 5.41) is 3.91. The second-order valence-electron chi connectivity index (χ2n) is 11.5. The lowest BCUT2D eigenvalue weighted by atomic mass is 9.86. The van der Waals surface area contributed by atoms with E-state index in [1.54, 1.807) is 0 Å². The summed E-state index contributed by atoms with van der Waals surface area (Å²) in [5.41, 5.74) is -9.83. The normalized spacial score (nSPS) is 16.1. The molecule has 0 aromatic heterocycles. The number of ether oxygens (including phenoxy) is 3. The quantitative estimate of drug-likeness (QED) is 0.100. The van der Waals surface area contributed by atoms with E-state index < -0.39 is 105 Å². The molecule has 3 rings (SSSR count). The Morgan fingerprint density at radius 1 is 0.607 bits per heavy atom. The van der Waals surface area contributed by atoms with Gasteiger partial charge in [-0.25, -0.2) is 0 Å². The lowest BCUT2D eigenvalue weighted by molar-refractivity contribution is -0.431. The van der Waals surface area contributed by atoms with Gasteiger partial charge in [0, 0.05) is 0 Å². The second-order valence-corrected chi connectivity index (χ2v) is 15.0. The van der Waals surface area contributed by atoms with E-state index in [-0.39, 0.29) is 14.7 Å². The van der Waals surface area contributed by atoms with E-state index >= 15 is 0 Å². The highest BCUT2D eigenvalue weighted by Crippen LogP contribution is 2.59. The van der Waals surface area contributed by atoms with Crippen LogP contribution in [0.2, 0.25) is 0 Å². The minimum atomic E-state index is -6.96. The Kier molecular flexibility index (Phi) is 12.8. The van der Waals surface area contributed by atoms with Gasteiger partial charge in [0.1, 0.15) is 35.6 Å². The van der Waals surface area contributed by atoms with E-state index in [0.717, 1.165) is 36.4 Å². The maximum Gasteiger partial charge on any atom is 0.432 e. The van der Waals surface area contributed by atoms with Gasteiger partial charge in [0.2, 0.25) is 4.90 Å². The van der Waals surface area contributed by atoms with E-state index in [0.29, 0.717) is 31.2 Å². The second kappa shape index (κ2) is 15.4. The molecule has 3 aromatic rings. The summed E-state index contributed by atoms with van der Waals surface area (Å²) in [4.78, 5) is -0.464. The average molecular weight is 882 g/mol. The zero-order valence-corrected chi connectivity index (χ0v) is 28.7. The molecule has 0 amide bonds. The first-order chi connectivity index (χ1) is 25.1. The molecule has 26 heteroatoms. The van der Waals surface area contributed by atoms with Gasteiger partial charge in [0.05, 0.1) is 0 Å². The molecule has 0 radical (unpaired) electrons. The van der Waals surface area contributed by atoms with Gasteiger partial charge in [-0.2, -0.15) is 83.1 Å². The van der Waals surface area contributed by atoms with Crippen LogP contribution < -0.4 is 14.2 Å². The number of benzene rings is 3. The molecule has 0 aliphatic carbocycles. The van der Waals surface area contributed by atoms with Crippen LogP contribution in [0.1, 0.15) is 6.92 Å². The van der Waals surface area contributed by atoms with Gasteiger partial charge in [-0.1, -0.05) is 12.1 Å². The van der Waals surface area contributed by atoms with Crippen molar-refractivity contribution in [3.05, 3.63) is 72.8 Å². The molecule has 3 aromatic carbocycles. The number of rotatable bonds is 13. The smallest absolute Gasteiger partial charge is 0.432 e. The third-order valence-corrected chi connectivity index (χ3v) is 10.6. The van der Waals surface area contributed by atoms with Crippen LogP contribution >= 0.6 is 0 Å². The fraction of sp³-hybridized carbons (Fsp3) is 0.400. The monoisotopic (exact) mass is 881 g/mol. The molecule has 0 aliphatic rings. The van der Waals surface area contributed by atoms with Gasteiger partial charge in [-0.15, -0.1) is 0 Å². The van der Waals surface area contributed by atoms with Crippen LogP contribution in [-0.4, -0.2) is 79.1 Å². The third-order valence-electron chi connectivity index (χ3n) is 7.41. The van der Waals surface area contributed by atoms with Crippen LogP contribution in [0.5, 0.6) is 17.2 Å². The van der Waals surface area contributed by atoms with Gasteiger partial charge in [0.25, 0.3) is 11.5 Å². The van der Waals surface area contributed by atoms with Crippen LogP contribution in [0.4, 0.5) is 74.6 Å². The lowest BCUT2D eigenvalue weighted by Gasteiger charge is -2.38. The zero-order valence-electron chi connectivity index (χ0n) is 27.1. The average Bonchev–Trinajstić information content (AvgIpc) is 3.01. The van der Waals surface area contributed by atoms with Gasteiger partial charge in [-0.05, 0) is 67.6 Å². The number of aliphatic hydroxyl groups is 1. The Balaban J connectivity index is 2.14. The third kappa shape index (κ3) is 9.61. The van der Waals surface area contributed by atoms with Gasteiger partial charge < -0.3 is 19.3 Å². The number of para-hydroxylation sites is 1. The number of alkyl halides is 17. The van der Waals surface area contributed by atoms with Crippen molar-refractivity contribution < 1.29 is 107 Å². The molecule has 56 heavy (non-hydrogen) atoms. The molecule has 314 valence electrons. The van der Waals surface area contributed by atoms with Crippen LogP contribution in [0, 0.1) is 5.41 Å². The SMILES string of the molecule is CC(O)(COc1ccccc1[S+](c1ccc(OCC(C(F)(F)F)(C(F)(F)F)C(F)(F)F)cc1)c1ccc(OC(C(F)(F)F)C(F)(F)S(=O)(=O)O)cc1)C(F)(F)F. The first-order valence-corrected chi connectivity index (χ1v) is 17.1. The van der Waals surface area contributed by atoms with Gasteiger partial charge in [0.15, 0.2) is 21.1 Å². The summed E-state index contributed by atoms with van der Waals surface area (Å²) in [6.45, 7) is -4.18. The minimum Gasteiger partial charge on any atom is -0.492 e. The number of hydrogen-bond acceptors (Lipinski definition) is 6. The predicted octanol–water partition coefficient (Wildman–Crippen LogP) is 9.32. The van der Waals surface area contributed by atoms with E-state index in [4.69, 9.17) is 9.29 Å². The predicted molar refractivity (Wildman–Crippen MR) is 157 cm³/mol. The van der Waals surface area contributed by atoms with E-state index in [1.165, 1.54) is 12.1 Å². The Morgan fingerprint density at radius 2 is 1.04 bits per heavy atom. The highest BCUT2D eigenvalue weighted by atomic mass is 32.2. The van der Waals surface area contributed by atoms with Crippen molar-refractivity contribution in [1.82, 2.24) is 0 Å². The fourth-order valence-electron chi connectivity index (χ4n) is 4.27. The van der Waals surface area contributed by atoms with E-state index in [9.17, 15) is 88.2 Å². The van der Waals surface area contributed by atoms with Gasteiger partial charge in [-0.3, -0.25) is 4.55 Å². The van der Waals surface area contributed by atoms with Gasteiger partial charge >= 0.3 is 46.3 Å². The Morgan fingerprint density at radius 3 is 1.43 bits per heavy atom. The molecule has 3 unspecified atom stereocenters. The molecule has 0 spiro atoms. The lowest BCUT2D eigenvalue weighted by Crippen LogP contribution is -2.62. The van der Waals surface area contributed by atoms with Crippen molar-refractivity contribution in [3.8, 4) is 17.2 Å². The van der Waals surface area contributed by atoms with Crippen LogP contribution in [0.15, 0.2) is 87.5 Å². The topological polar surface area (TPSA) is 102 Å². The Labute approximate surface area is 306 Å². The van der Waals surface area contributed by atoms with Crippen molar-refractivity contribution in [2.75, 3.05) is 13.2 Å². The molecule has 0 saturated heterocycles. The van der Waals surface area contributed by atoms with Crippen molar-refractivity contribution in [3.63, 3.8) is 0 Å². The summed E-state index contributed by atoms with van der Waals surface area (Å²) in [6.07, 6.45) is -36.8. The molecular weight excluding hydrogens is 859 g/mol. The standard InChI is InChI=1S/C30H21F17O7S2/c1-23(48,27(36,37)38)14-53-20-4-2-3-5-21(20)55(19-12-8-17(9-13-19)54-22(25(31,32)33)26(34,35)56(49,50)51)18-10-6-16(7-11-18)52-15-24(28(39,40)41,29(42,43)44)30(45,46)47/h2-13,22,48H,14-15H2,1H3/p+1. The maximum absolute atomic E-state index is 14.1. The van der Waals surface area contributed by atoms with Crippen molar-refractivity contribution in [1.29, 1.82) is 0 Å². The molecule has 0 saturated carbocycles. The summed E-state index contributed by atoms with van der Waals surface area (Å²) in [5.74, 6) is -2.57. The molecule has 2 N–H and O–H groups in total. The van der Waals surface area contributed by atoms with Crippen molar-refractivity contribution >= 4 is 21.0 Å². The van der Waals surface area contributed by atoms with E-state index in [1.807, 2.05) is 0 Å². The number of halogens is 17. The Hall–Kier alpha value is -3.91. The zero-order chi connectivity index (χ0) is 43.1. The first kappa shape index (κ1) is 46.5.